The monoisotopic (exact) mass is 450 g/mol. The summed E-state index contributed by atoms with van der Waals surface area (Å²) < 4.78 is 6.09. The lowest BCUT2D eigenvalue weighted by molar-refractivity contribution is 0.0577. The highest BCUT2D eigenvalue weighted by molar-refractivity contribution is 7.98. The molecule has 0 bridgehead atoms. The minimum Gasteiger partial charge on any atom is -0.451 e. The Hall–Kier alpha value is -2.38. The van der Waals surface area contributed by atoms with Crippen molar-refractivity contribution < 1.29 is 9.21 Å². The summed E-state index contributed by atoms with van der Waals surface area (Å²) in [5, 5.41) is 1.70. The van der Waals surface area contributed by atoms with Crippen molar-refractivity contribution in [3.05, 3.63) is 54.0 Å². The molecule has 168 valence electrons. The molecule has 0 unspecified atom stereocenters. The van der Waals surface area contributed by atoms with Crippen molar-refractivity contribution in [2.24, 2.45) is 5.92 Å². The molecule has 1 aliphatic heterocycles. The van der Waals surface area contributed by atoms with Gasteiger partial charge in [-0.25, -0.2) is 9.97 Å². The summed E-state index contributed by atoms with van der Waals surface area (Å²) in [7, 11) is 0. The molecule has 3 heterocycles. The molecule has 1 saturated carbocycles. The van der Waals surface area contributed by atoms with Gasteiger partial charge < -0.3 is 9.32 Å². The van der Waals surface area contributed by atoms with Crippen molar-refractivity contribution in [1.82, 2.24) is 19.8 Å². The van der Waals surface area contributed by atoms with Gasteiger partial charge in [-0.2, -0.15) is 0 Å². The fourth-order valence-electron chi connectivity index (χ4n) is 4.92. The van der Waals surface area contributed by atoms with E-state index in [1.165, 1.54) is 50.4 Å². The molecule has 0 radical (unpaired) electrons. The maximum Gasteiger partial charge on any atom is 0.290 e. The van der Waals surface area contributed by atoms with Crippen molar-refractivity contribution in [3.63, 3.8) is 0 Å². The number of amides is 1. The van der Waals surface area contributed by atoms with Crippen LogP contribution in [0.4, 0.5) is 0 Å². The molecule has 2 aliphatic rings. The molecule has 0 spiro atoms. The van der Waals surface area contributed by atoms with Crippen LogP contribution in [0.5, 0.6) is 0 Å². The summed E-state index contributed by atoms with van der Waals surface area (Å²) in [5.74, 6) is 1.91. The Morgan fingerprint density at radius 3 is 2.53 bits per heavy atom. The summed E-state index contributed by atoms with van der Waals surface area (Å²) in [4.78, 5) is 26.6. The van der Waals surface area contributed by atoms with Gasteiger partial charge in [-0.15, -0.1) is 0 Å². The molecule has 0 N–H and O–H groups in total. The number of piperazine rings is 1. The highest BCUT2D eigenvalue weighted by Crippen LogP contribution is 2.32. The minimum absolute atomic E-state index is 0.00287. The molecule has 5 rings (SSSR count). The molecule has 2 fully saturated rings. The Labute approximate surface area is 193 Å². The normalized spacial score (nSPS) is 18.3. The lowest BCUT2D eigenvalue weighted by atomic mass is 9.89. The first-order chi connectivity index (χ1) is 15.8. The van der Waals surface area contributed by atoms with E-state index in [1.807, 2.05) is 29.2 Å². The second-order valence-corrected chi connectivity index (χ2v) is 9.77. The van der Waals surface area contributed by atoms with E-state index in [0.717, 1.165) is 48.6 Å². The van der Waals surface area contributed by atoms with Crippen molar-refractivity contribution in [2.75, 3.05) is 32.7 Å². The zero-order valence-electron chi connectivity index (χ0n) is 18.4. The van der Waals surface area contributed by atoms with E-state index in [0.29, 0.717) is 16.7 Å². The molecule has 1 saturated heterocycles. The molecular formula is C25H30N4O2S. The smallest absolute Gasteiger partial charge is 0.290 e. The number of hydrogen-bond acceptors (Lipinski definition) is 6. The summed E-state index contributed by atoms with van der Waals surface area (Å²) in [5.41, 5.74) is 1.70. The molecule has 1 amide bonds. The average Bonchev–Trinajstić information content (AvgIpc) is 3.23. The lowest BCUT2D eigenvalue weighted by Gasteiger charge is -2.37. The zero-order valence-corrected chi connectivity index (χ0v) is 19.2. The van der Waals surface area contributed by atoms with Crippen LogP contribution in [0.25, 0.3) is 11.0 Å². The van der Waals surface area contributed by atoms with E-state index in [1.54, 1.807) is 18.5 Å². The van der Waals surface area contributed by atoms with E-state index in [9.17, 15) is 4.79 Å². The second-order valence-electron chi connectivity index (χ2n) is 8.82. The van der Waals surface area contributed by atoms with Crippen LogP contribution in [0.15, 0.2) is 52.3 Å². The van der Waals surface area contributed by atoms with Gasteiger partial charge in [-0.05, 0) is 30.9 Å². The van der Waals surface area contributed by atoms with Crippen molar-refractivity contribution >= 4 is 28.6 Å². The van der Waals surface area contributed by atoms with E-state index >= 15 is 0 Å². The lowest BCUT2D eigenvalue weighted by Crippen LogP contribution is -2.50. The maximum atomic E-state index is 13.5. The Morgan fingerprint density at radius 1 is 1.00 bits per heavy atom. The number of fused-ring (bicyclic) bond motifs is 1. The topological polar surface area (TPSA) is 62.5 Å². The predicted molar refractivity (Wildman–Crippen MR) is 127 cm³/mol. The van der Waals surface area contributed by atoms with Gasteiger partial charge in [0.15, 0.2) is 10.9 Å². The molecule has 6 nitrogen and oxygen atoms in total. The summed E-state index contributed by atoms with van der Waals surface area (Å²) in [6.07, 6.45) is 10.4. The number of carbonyl (C=O) groups is 1. The van der Waals surface area contributed by atoms with Crippen LogP contribution >= 0.6 is 11.8 Å². The minimum atomic E-state index is 0.00287. The van der Waals surface area contributed by atoms with Crippen LogP contribution in [0.2, 0.25) is 0 Å². The Kier molecular flexibility index (Phi) is 6.74. The molecule has 0 atom stereocenters. The molecule has 2 aromatic heterocycles. The van der Waals surface area contributed by atoms with Gasteiger partial charge in [0.25, 0.3) is 5.91 Å². The number of benzene rings is 1. The van der Waals surface area contributed by atoms with E-state index in [2.05, 4.69) is 14.9 Å². The standard InChI is InChI=1S/C25H30N4O2S/c30-24(29-15-13-28(14-16-29)17-19-7-2-1-3-8-19)23-21(18-32-25-26-11-6-12-27-25)20-9-4-5-10-22(20)31-23/h4-6,9-12,19H,1-3,7-8,13-18H2. The molecule has 1 aromatic carbocycles. The SMILES string of the molecule is O=C(c1oc2ccccc2c1CSc1ncccn1)N1CCN(CC2CCCCC2)CC1. The van der Waals surface area contributed by atoms with Gasteiger partial charge in [0, 0.05) is 61.8 Å². The summed E-state index contributed by atoms with van der Waals surface area (Å²) >= 11 is 1.53. The number of thioether (sulfide) groups is 1. The maximum absolute atomic E-state index is 13.5. The van der Waals surface area contributed by atoms with Crippen LogP contribution in [0, 0.1) is 5.92 Å². The predicted octanol–water partition coefficient (Wildman–Crippen LogP) is 4.85. The van der Waals surface area contributed by atoms with E-state index in [4.69, 9.17) is 4.42 Å². The van der Waals surface area contributed by atoms with Crippen LogP contribution in [0.1, 0.15) is 48.2 Å². The molecule has 32 heavy (non-hydrogen) atoms. The second kappa shape index (κ2) is 10.0. The largest absolute Gasteiger partial charge is 0.451 e. The fourth-order valence-corrected chi connectivity index (χ4v) is 5.75. The Morgan fingerprint density at radius 2 is 1.75 bits per heavy atom. The number of hydrogen-bond donors (Lipinski definition) is 0. The van der Waals surface area contributed by atoms with Gasteiger partial charge in [-0.1, -0.05) is 49.2 Å². The van der Waals surface area contributed by atoms with Crippen LogP contribution in [0.3, 0.4) is 0 Å². The van der Waals surface area contributed by atoms with Gasteiger partial charge in [0.2, 0.25) is 0 Å². The van der Waals surface area contributed by atoms with Gasteiger partial charge in [-0.3, -0.25) is 9.69 Å². The molecular weight excluding hydrogens is 420 g/mol. The first-order valence-electron chi connectivity index (χ1n) is 11.7. The number of aromatic nitrogens is 2. The van der Waals surface area contributed by atoms with Gasteiger partial charge in [0.05, 0.1) is 0 Å². The third-order valence-corrected chi connectivity index (χ3v) is 7.58. The number of para-hydroxylation sites is 1. The van der Waals surface area contributed by atoms with Crippen LogP contribution < -0.4 is 0 Å². The molecule has 7 heteroatoms. The highest BCUT2D eigenvalue weighted by Gasteiger charge is 2.29. The van der Waals surface area contributed by atoms with E-state index in [-0.39, 0.29) is 5.91 Å². The molecule has 3 aromatic rings. The highest BCUT2D eigenvalue weighted by atomic mass is 32.2. The van der Waals surface area contributed by atoms with Crippen molar-refractivity contribution in [1.29, 1.82) is 0 Å². The van der Waals surface area contributed by atoms with Gasteiger partial charge >= 0.3 is 0 Å². The summed E-state index contributed by atoms with van der Waals surface area (Å²) in [6, 6.07) is 9.70. The third-order valence-electron chi connectivity index (χ3n) is 6.68. The number of carbonyl (C=O) groups excluding carboxylic acids is 1. The molecule has 1 aliphatic carbocycles. The zero-order chi connectivity index (χ0) is 21.8. The van der Waals surface area contributed by atoms with Crippen LogP contribution in [-0.4, -0.2) is 58.4 Å². The van der Waals surface area contributed by atoms with Crippen molar-refractivity contribution in [2.45, 2.75) is 43.0 Å². The first-order valence-corrected chi connectivity index (χ1v) is 12.7. The Bertz CT molecular complexity index is 1040. The van der Waals surface area contributed by atoms with Crippen molar-refractivity contribution in [3.8, 4) is 0 Å². The number of nitrogens with zero attached hydrogens (tertiary/aromatic N) is 4. The number of furan rings is 1. The Balaban J connectivity index is 1.28. The van der Waals surface area contributed by atoms with E-state index < -0.39 is 0 Å². The van der Waals surface area contributed by atoms with Crippen LogP contribution in [-0.2, 0) is 5.75 Å². The third kappa shape index (κ3) is 4.84. The quantitative estimate of drug-likeness (QED) is 0.395. The number of rotatable bonds is 6. The van der Waals surface area contributed by atoms with Gasteiger partial charge in [0.1, 0.15) is 5.58 Å². The first kappa shape index (κ1) is 21.5. The average molecular weight is 451 g/mol. The summed E-state index contributed by atoms with van der Waals surface area (Å²) in [6.45, 7) is 4.61. The fraction of sp³-hybridized carbons (Fsp3) is 0.480.